The minimum absolute atomic E-state index is 0.0422. The van der Waals surface area contributed by atoms with Gasteiger partial charge in [0.15, 0.2) is 0 Å². The fourth-order valence-electron chi connectivity index (χ4n) is 5.08. The van der Waals surface area contributed by atoms with E-state index in [1.165, 1.54) is 0 Å². The molecule has 0 aliphatic carbocycles. The third-order valence-corrected chi connectivity index (χ3v) is 7.23. The number of nitrogens with two attached hydrogens (primary N) is 1. The first-order valence-electron chi connectivity index (χ1n) is 13.1. The van der Waals surface area contributed by atoms with Gasteiger partial charge in [-0.25, -0.2) is 4.98 Å². The van der Waals surface area contributed by atoms with Gasteiger partial charge in [-0.2, -0.15) is 0 Å². The number of anilines is 2. The van der Waals surface area contributed by atoms with Crippen molar-refractivity contribution in [2.45, 2.75) is 45.7 Å². The SMILES string of the molecule is CC(C)N1CCC(CN(CCCO)C(=O)c2cccc(CNc3cccc4c(N)nccc34)c2)CC1. The van der Waals surface area contributed by atoms with E-state index >= 15 is 0 Å². The molecule has 2 heterocycles. The normalized spacial score (nSPS) is 14.9. The van der Waals surface area contributed by atoms with Crippen molar-refractivity contribution in [1.82, 2.24) is 14.8 Å². The zero-order valence-corrected chi connectivity index (χ0v) is 21.5. The molecule has 1 aliphatic rings. The van der Waals surface area contributed by atoms with Gasteiger partial charge in [0.1, 0.15) is 5.82 Å². The molecule has 1 aliphatic heterocycles. The van der Waals surface area contributed by atoms with Gasteiger partial charge in [-0.05, 0) is 81.9 Å². The Bertz CT molecular complexity index is 1160. The Balaban J connectivity index is 1.43. The number of fused-ring (bicyclic) bond motifs is 1. The summed E-state index contributed by atoms with van der Waals surface area (Å²) in [5, 5.41) is 14.9. The van der Waals surface area contributed by atoms with Crippen LogP contribution in [-0.4, -0.2) is 64.6 Å². The molecule has 1 saturated heterocycles. The van der Waals surface area contributed by atoms with Crippen molar-refractivity contribution >= 4 is 28.2 Å². The largest absolute Gasteiger partial charge is 0.396 e. The molecule has 0 saturated carbocycles. The van der Waals surface area contributed by atoms with E-state index in [4.69, 9.17) is 5.73 Å². The summed E-state index contributed by atoms with van der Waals surface area (Å²) in [4.78, 5) is 22.2. The van der Waals surface area contributed by atoms with E-state index in [1.807, 2.05) is 53.4 Å². The van der Waals surface area contributed by atoms with Crippen LogP contribution in [0.5, 0.6) is 0 Å². The summed E-state index contributed by atoms with van der Waals surface area (Å²) >= 11 is 0. The molecule has 7 nitrogen and oxygen atoms in total. The van der Waals surface area contributed by atoms with Crippen molar-refractivity contribution in [2.24, 2.45) is 5.92 Å². The number of pyridine rings is 1. The Hall–Kier alpha value is -3.16. The number of carbonyl (C=O) groups excluding carboxylic acids is 1. The predicted molar refractivity (Wildman–Crippen MR) is 147 cm³/mol. The number of nitrogens with one attached hydrogen (secondary N) is 1. The summed E-state index contributed by atoms with van der Waals surface area (Å²) in [5.74, 6) is 1.06. The summed E-state index contributed by atoms with van der Waals surface area (Å²) in [6, 6.07) is 16.3. The van der Waals surface area contributed by atoms with Crippen LogP contribution < -0.4 is 11.1 Å². The van der Waals surface area contributed by atoms with Crippen molar-refractivity contribution in [3.05, 3.63) is 65.9 Å². The molecule has 1 amide bonds. The maximum Gasteiger partial charge on any atom is 0.253 e. The predicted octanol–water partition coefficient (Wildman–Crippen LogP) is 4.37. The average molecular weight is 490 g/mol. The third-order valence-electron chi connectivity index (χ3n) is 7.23. The third kappa shape index (κ3) is 6.33. The molecule has 1 aromatic heterocycles. The van der Waals surface area contributed by atoms with Crippen LogP contribution in [0.3, 0.4) is 0 Å². The number of likely N-dealkylation sites (tertiary alicyclic amines) is 1. The summed E-state index contributed by atoms with van der Waals surface area (Å²) in [5.41, 5.74) is 8.75. The molecular formula is C29H39N5O2. The van der Waals surface area contributed by atoms with E-state index < -0.39 is 0 Å². The highest BCUT2D eigenvalue weighted by Crippen LogP contribution is 2.27. The molecule has 0 radical (unpaired) electrons. The fourth-order valence-corrected chi connectivity index (χ4v) is 5.08. The Labute approximate surface area is 214 Å². The van der Waals surface area contributed by atoms with Crippen molar-refractivity contribution in [3.63, 3.8) is 0 Å². The highest BCUT2D eigenvalue weighted by molar-refractivity contribution is 5.99. The molecule has 7 heteroatoms. The zero-order chi connectivity index (χ0) is 25.5. The van der Waals surface area contributed by atoms with Crippen molar-refractivity contribution in [1.29, 1.82) is 0 Å². The lowest BCUT2D eigenvalue weighted by atomic mass is 9.95. The summed E-state index contributed by atoms with van der Waals surface area (Å²) in [6.07, 6.45) is 4.53. The monoisotopic (exact) mass is 489 g/mol. The molecule has 2 aromatic carbocycles. The van der Waals surface area contributed by atoms with Gasteiger partial charge in [0, 0.05) is 60.5 Å². The van der Waals surface area contributed by atoms with E-state index in [1.54, 1.807) is 6.20 Å². The summed E-state index contributed by atoms with van der Waals surface area (Å²) < 4.78 is 0. The number of benzene rings is 2. The first-order chi connectivity index (χ1) is 17.5. The van der Waals surface area contributed by atoms with Crippen molar-refractivity contribution < 1.29 is 9.90 Å². The van der Waals surface area contributed by atoms with Crippen LogP contribution in [0.4, 0.5) is 11.5 Å². The lowest BCUT2D eigenvalue weighted by Crippen LogP contribution is -2.43. The van der Waals surface area contributed by atoms with Gasteiger partial charge >= 0.3 is 0 Å². The maximum absolute atomic E-state index is 13.5. The first-order valence-corrected chi connectivity index (χ1v) is 13.1. The Kier molecular flexibility index (Phi) is 8.78. The fraction of sp³-hybridized carbons (Fsp3) is 0.448. The van der Waals surface area contributed by atoms with Gasteiger partial charge in [-0.15, -0.1) is 0 Å². The number of aliphatic hydroxyl groups excluding tert-OH is 1. The minimum Gasteiger partial charge on any atom is -0.396 e. The van der Waals surface area contributed by atoms with Crippen LogP contribution >= 0.6 is 0 Å². The molecule has 4 rings (SSSR count). The van der Waals surface area contributed by atoms with Gasteiger partial charge < -0.3 is 26.0 Å². The Morgan fingerprint density at radius 3 is 2.69 bits per heavy atom. The number of carbonyl (C=O) groups is 1. The topological polar surface area (TPSA) is 94.7 Å². The molecule has 3 aromatic rings. The lowest BCUT2D eigenvalue weighted by molar-refractivity contribution is 0.0662. The van der Waals surface area contributed by atoms with E-state index in [2.05, 4.69) is 29.0 Å². The second-order valence-corrected chi connectivity index (χ2v) is 10.1. The van der Waals surface area contributed by atoms with Gasteiger partial charge in [0.2, 0.25) is 0 Å². The van der Waals surface area contributed by atoms with Crippen LogP contribution in [0.1, 0.15) is 49.0 Å². The molecule has 0 unspecified atom stereocenters. The smallest absolute Gasteiger partial charge is 0.253 e. The standard InChI is InChI=1S/C29H39N5O2/c1-21(2)33-15-11-22(12-16-33)20-34(14-5-17-35)29(36)24-7-3-6-23(18-24)19-32-27-9-4-8-26-25(27)10-13-31-28(26)30/h3-4,6-10,13,18,21-22,32,35H,5,11-12,14-17,19-20H2,1-2H3,(H2,30,31). The number of aromatic nitrogens is 1. The second-order valence-electron chi connectivity index (χ2n) is 10.1. The second kappa shape index (κ2) is 12.2. The summed E-state index contributed by atoms with van der Waals surface area (Å²) in [7, 11) is 0. The number of amides is 1. The van der Waals surface area contributed by atoms with E-state index in [-0.39, 0.29) is 12.5 Å². The number of nitrogens with zero attached hydrogens (tertiary/aromatic N) is 3. The molecular weight excluding hydrogens is 450 g/mol. The van der Waals surface area contributed by atoms with Crippen LogP contribution in [-0.2, 0) is 6.54 Å². The zero-order valence-electron chi connectivity index (χ0n) is 21.5. The molecule has 0 atom stereocenters. The van der Waals surface area contributed by atoms with Crippen LogP contribution in [0.2, 0.25) is 0 Å². The average Bonchev–Trinajstić information content (AvgIpc) is 2.90. The van der Waals surface area contributed by atoms with Crippen molar-refractivity contribution in [2.75, 3.05) is 43.8 Å². The molecule has 192 valence electrons. The summed E-state index contributed by atoms with van der Waals surface area (Å²) in [6.45, 7) is 8.66. The number of hydrogen-bond donors (Lipinski definition) is 3. The quantitative estimate of drug-likeness (QED) is 0.391. The molecule has 1 fully saturated rings. The van der Waals surface area contributed by atoms with Gasteiger partial charge in [-0.3, -0.25) is 4.79 Å². The molecule has 0 spiro atoms. The maximum atomic E-state index is 13.5. The van der Waals surface area contributed by atoms with E-state index in [0.717, 1.165) is 54.5 Å². The van der Waals surface area contributed by atoms with Crippen LogP contribution in [0, 0.1) is 5.92 Å². The van der Waals surface area contributed by atoms with Gasteiger partial charge in [0.05, 0.1) is 0 Å². The number of nitrogen functional groups attached to an aromatic ring is 1. The number of rotatable bonds is 10. The first kappa shape index (κ1) is 25.9. The van der Waals surface area contributed by atoms with E-state index in [0.29, 0.717) is 42.9 Å². The minimum atomic E-state index is 0.0422. The Morgan fingerprint density at radius 2 is 1.94 bits per heavy atom. The van der Waals surface area contributed by atoms with E-state index in [9.17, 15) is 9.90 Å². The highest BCUT2D eigenvalue weighted by atomic mass is 16.3. The van der Waals surface area contributed by atoms with Crippen LogP contribution in [0.25, 0.3) is 10.8 Å². The Morgan fingerprint density at radius 1 is 1.17 bits per heavy atom. The highest BCUT2D eigenvalue weighted by Gasteiger charge is 2.25. The van der Waals surface area contributed by atoms with Crippen molar-refractivity contribution in [3.8, 4) is 0 Å². The van der Waals surface area contributed by atoms with Crippen LogP contribution in [0.15, 0.2) is 54.7 Å². The number of hydrogen-bond acceptors (Lipinski definition) is 6. The molecule has 0 bridgehead atoms. The van der Waals surface area contributed by atoms with Gasteiger partial charge in [0.25, 0.3) is 5.91 Å². The lowest BCUT2D eigenvalue weighted by Gasteiger charge is -2.36. The molecule has 36 heavy (non-hydrogen) atoms. The number of piperidine rings is 1. The number of aliphatic hydroxyl groups is 1. The van der Waals surface area contributed by atoms with Gasteiger partial charge in [-0.1, -0.05) is 24.3 Å². The molecule has 4 N–H and O–H groups in total.